The van der Waals surface area contributed by atoms with Crippen LogP contribution in [0.1, 0.15) is 23.2 Å². The highest BCUT2D eigenvalue weighted by atomic mass is 32.1. The predicted octanol–water partition coefficient (Wildman–Crippen LogP) is 3.63. The minimum Gasteiger partial charge on any atom is -0.493 e. The Hall–Kier alpha value is -2.87. The fraction of sp³-hybridized carbons (Fsp3) is 0.235. The van der Waals surface area contributed by atoms with Crippen molar-refractivity contribution >= 4 is 22.4 Å². The lowest BCUT2D eigenvalue weighted by Crippen LogP contribution is -2.11. The van der Waals surface area contributed by atoms with Gasteiger partial charge in [-0.05, 0) is 18.2 Å². The zero-order valence-corrected chi connectivity index (χ0v) is 14.8. The second kappa shape index (κ2) is 7.35. The van der Waals surface area contributed by atoms with E-state index in [4.69, 9.17) is 14.0 Å². The lowest BCUT2D eigenvalue weighted by molar-refractivity contribution is 0.101. The molecule has 1 aromatic carbocycles. The van der Waals surface area contributed by atoms with Gasteiger partial charge in [-0.3, -0.25) is 10.1 Å². The van der Waals surface area contributed by atoms with Gasteiger partial charge in [-0.1, -0.05) is 12.1 Å². The van der Waals surface area contributed by atoms with E-state index < -0.39 is 0 Å². The van der Waals surface area contributed by atoms with Crippen molar-refractivity contribution in [1.29, 1.82) is 0 Å². The Morgan fingerprint density at radius 3 is 2.72 bits per heavy atom. The number of ether oxygens (including phenoxy) is 2. The van der Waals surface area contributed by atoms with Crippen LogP contribution in [0.4, 0.5) is 5.13 Å². The highest BCUT2D eigenvalue weighted by molar-refractivity contribution is 7.14. The number of carbonyl (C=O) groups excluding carboxylic acids is 1. The maximum atomic E-state index is 12.2. The summed E-state index contributed by atoms with van der Waals surface area (Å²) in [5.41, 5.74) is 1.83. The van der Waals surface area contributed by atoms with Gasteiger partial charge < -0.3 is 14.0 Å². The van der Waals surface area contributed by atoms with Gasteiger partial charge in [0, 0.05) is 23.4 Å². The zero-order valence-electron chi connectivity index (χ0n) is 14.0. The first-order valence-electron chi connectivity index (χ1n) is 7.59. The molecule has 8 heteroatoms. The quantitative estimate of drug-likeness (QED) is 0.723. The average Bonchev–Trinajstić information content (AvgIpc) is 3.30. The van der Waals surface area contributed by atoms with E-state index in [0.29, 0.717) is 28.8 Å². The van der Waals surface area contributed by atoms with Crippen LogP contribution in [0.2, 0.25) is 0 Å². The molecule has 1 amide bonds. The number of carbonyl (C=O) groups is 1. The van der Waals surface area contributed by atoms with Crippen LogP contribution in [0.3, 0.4) is 0 Å². The molecule has 0 spiro atoms. The summed E-state index contributed by atoms with van der Waals surface area (Å²) in [7, 11) is 3.17. The number of benzene rings is 1. The number of hydrogen-bond acceptors (Lipinski definition) is 7. The Bertz CT molecular complexity index is 888. The number of amides is 1. The number of anilines is 1. The smallest absolute Gasteiger partial charge is 0.279 e. The molecule has 0 saturated heterocycles. The summed E-state index contributed by atoms with van der Waals surface area (Å²) in [6, 6.07) is 7.16. The van der Waals surface area contributed by atoms with Gasteiger partial charge in [-0.2, -0.15) is 0 Å². The van der Waals surface area contributed by atoms with Gasteiger partial charge in [0.2, 0.25) is 0 Å². The standard InChI is InChI=1S/C17H17N3O4S/c1-4-11-8-12(20-24-11)16(21)19-17-18-13(9-25-17)10-5-6-14(22-2)15(7-10)23-3/h5-9H,4H2,1-3H3,(H,18,19,21). The van der Waals surface area contributed by atoms with Crippen molar-refractivity contribution in [1.82, 2.24) is 10.1 Å². The van der Waals surface area contributed by atoms with Crippen molar-refractivity contribution in [3.8, 4) is 22.8 Å². The summed E-state index contributed by atoms with van der Waals surface area (Å²) < 4.78 is 15.6. The molecule has 2 heterocycles. The van der Waals surface area contributed by atoms with Crippen LogP contribution in [0.25, 0.3) is 11.3 Å². The molecule has 3 aromatic rings. The van der Waals surface area contributed by atoms with Gasteiger partial charge in [0.25, 0.3) is 5.91 Å². The molecular formula is C17H17N3O4S. The van der Waals surface area contributed by atoms with Crippen LogP contribution < -0.4 is 14.8 Å². The number of thiazole rings is 1. The third-order valence-corrected chi connectivity index (χ3v) is 4.30. The van der Waals surface area contributed by atoms with Crippen molar-refractivity contribution in [3.05, 3.63) is 41.1 Å². The normalized spacial score (nSPS) is 10.5. The summed E-state index contributed by atoms with van der Waals surface area (Å²) >= 11 is 1.33. The Kier molecular flexibility index (Phi) is 4.99. The molecule has 7 nitrogen and oxygen atoms in total. The SMILES string of the molecule is CCc1cc(C(=O)Nc2nc(-c3ccc(OC)c(OC)c3)cs2)no1. The Morgan fingerprint density at radius 1 is 1.24 bits per heavy atom. The first-order valence-corrected chi connectivity index (χ1v) is 8.47. The molecular weight excluding hydrogens is 342 g/mol. The molecule has 0 aliphatic carbocycles. The average molecular weight is 359 g/mol. The summed E-state index contributed by atoms with van der Waals surface area (Å²) in [5, 5.41) is 8.82. The van der Waals surface area contributed by atoms with Crippen LogP contribution >= 0.6 is 11.3 Å². The van der Waals surface area contributed by atoms with Crippen LogP contribution in [0.5, 0.6) is 11.5 Å². The molecule has 1 N–H and O–H groups in total. The van der Waals surface area contributed by atoms with E-state index in [0.717, 1.165) is 11.3 Å². The van der Waals surface area contributed by atoms with E-state index in [9.17, 15) is 4.79 Å². The van der Waals surface area contributed by atoms with Gasteiger partial charge >= 0.3 is 0 Å². The second-order valence-corrected chi connectivity index (χ2v) is 5.95. The maximum absolute atomic E-state index is 12.2. The first-order chi connectivity index (χ1) is 12.1. The molecule has 0 aliphatic heterocycles. The summed E-state index contributed by atoms with van der Waals surface area (Å²) in [6.07, 6.45) is 0.682. The molecule has 0 aliphatic rings. The third kappa shape index (κ3) is 3.63. The van der Waals surface area contributed by atoms with E-state index in [1.165, 1.54) is 11.3 Å². The fourth-order valence-corrected chi connectivity index (χ4v) is 2.92. The zero-order chi connectivity index (χ0) is 17.8. The van der Waals surface area contributed by atoms with Gasteiger partial charge in [-0.25, -0.2) is 4.98 Å². The summed E-state index contributed by atoms with van der Waals surface area (Å²) in [5.74, 6) is 1.58. The van der Waals surface area contributed by atoms with E-state index in [2.05, 4.69) is 15.5 Å². The fourth-order valence-electron chi connectivity index (χ4n) is 2.21. The minimum absolute atomic E-state index is 0.236. The lowest BCUT2D eigenvalue weighted by Gasteiger charge is -2.08. The number of hydrogen-bond donors (Lipinski definition) is 1. The van der Waals surface area contributed by atoms with E-state index in [1.807, 2.05) is 30.5 Å². The molecule has 0 fully saturated rings. The number of nitrogens with one attached hydrogen (secondary N) is 1. The number of rotatable bonds is 6. The van der Waals surface area contributed by atoms with Crippen LogP contribution in [-0.4, -0.2) is 30.3 Å². The Labute approximate surface area is 148 Å². The Morgan fingerprint density at radius 2 is 2.04 bits per heavy atom. The molecule has 0 saturated carbocycles. The number of nitrogens with zero attached hydrogens (tertiary/aromatic N) is 2. The predicted molar refractivity (Wildman–Crippen MR) is 94.5 cm³/mol. The molecule has 0 radical (unpaired) electrons. The third-order valence-electron chi connectivity index (χ3n) is 3.54. The van der Waals surface area contributed by atoms with Crippen molar-refractivity contribution in [2.24, 2.45) is 0 Å². The van der Waals surface area contributed by atoms with E-state index >= 15 is 0 Å². The van der Waals surface area contributed by atoms with Crippen LogP contribution in [-0.2, 0) is 6.42 Å². The van der Waals surface area contributed by atoms with Gasteiger partial charge in [0.05, 0.1) is 19.9 Å². The van der Waals surface area contributed by atoms with Crippen molar-refractivity contribution < 1.29 is 18.8 Å². The molecule has 0 unspecified atom stereocenters. The molecule has 0 atom stereocenters. The summed E-state index contributed by atoms with van der Waals surface area (Å²) in [6.45, 7) is 1.93. The maximum Gasteiger partial charge on any atom is 0.279 e. The van der Waals surface area contributed by atoms with Crippen molar-refractivity contribution in [2.45, 2.75) is 13.3 Å². The highest BCUT2D eigenvalue weighted by Gasteiger charge is 2.15. The molecule has 25 heavy (non-hydrogen) atoms. The van der Waals surface area contributed by atoms with E-state index in [-0.39, 0.29) is 11.6 Å². The second-order valence-electron chi connectivity index (χ2n) is 5.09. The molecule has 2 aromatic heterocycles. The number of methoxy groups -OCH3 is 2. The molecule has 130 valence electrons. The number of aromatic nitrogens is 2. The van der Waals surface area contributed by atoms with E-state index in [1.54, 1.807) is 20.3 Å². The topological polar surface area (TPSA) is 86.5 Å². The number of aryl methyl sites for hydroxylation is 1. The summed E-state index contributed by atoms with van der Waals surface area (Å²) in [4.78, 5) is 16.6. The van der Waals surface area contributed by atoms with Gasteiger partial charge in [0.1, 0.15) is 5.76 Å². The largest absolute Gasteiger partial charge is 0.493 e. The Balaban J connectivity index is 1.77. The molecule has 3 rings (SSSR count). The first kappa shape index (κ1) is 17.0. The van der Waals surface area contributed by atoms with Gasteiger partial charge in [0.15, 0.2) is 22.3 Å². The van der Waals surface area contributed by atoms with Crippen LogP contribution in [0.15, 0.2) is 34.2 Å². The molecule has 0 bridgehead atoms. The van der Waals surface area contributed by atoms with Crippen LogP contribution in [0, 0.1) is 0 Å². The van der Waals surface area contributed by atoms with Gasteiger partial charge in [-0.15, -0.1) is 11.3 Å². The van der Waals surface area contributed by atoms with Crippen molar-refractivity contribution in [2.75, 3.05) is 19.5 Å². The van der Waals surface area contributed by atoms with Crippen molar-refractivity contribution in [3.63, 3.8) is 0 Å². The monoisotopic (exact) mass is 359 g/mol. The minimum atomic E-state index is -0.350. The highest BCUT2D eigenvalue weighted by Crippen LogP contribution is 2.33. The lowest BCUT2D eigenvalue weighted by atomic mass is 10.1.